The van der Waals surface area contributed by atoms with Crippen LogP contribution in [0.25, 0.3) is 0 Å². The Morgan fingerprint density at radius 3 is 3.00 bits per heavy atom. The molecule has 1 rings (SSSR count). The van der Waals surface area contributed by atoms with Gasteiger partial charge in [0.2, 0.25) is 0 Å². The van der Waals surface area contributed by atoms with Gasteiger partial charge in [0.05, 0.1) is 4.99 Å². The molecule has 5 heteroatoms. The van der Waals surface area contributed by atoms with E-state index >= 15 is 0 Å². The molecule has 0 aromatic carbocycles. The maximum atomic E-state index is 10.8. The number of carboxylic acids is 1. The Morgan fingerprint density at radius 2 is 2.46 bits per heavy atom. The quantitative estimate of drug-likeness (QED) is 0.635. The summed E-state index contributed by atoms with van der Waals surface area (Å²) in [5, 5.41) is 11.8. The third-order valence-corrected chi connectivity index (χ3v) is 2.57. The highest BCUT2D eigenvalue weighted by Crippen LogP contribution is 2.17. The molecule has 1 aliphatic heterocycles. The average Bonchev–Trinajstić information content (AvgIpc) is 2.52. The first-order valence-corrected chi connectivity index (χ1v) is 4.74. The van der Waals surface area contributed by atoms with Crippen molar-refractivity contribution < 1.29 is 9.90 Å². The van der Waals surface area contributed by atoms with Gasteiger partial charge >= 0.3 is 5.97 Å². The number of hydrogen-bond acceptors (Lipinski definition) is 3. The minimum absolute atomic E-state index is 0.402. The van der Waals surface area contributed by atoms with Crippen LogP contribution in [0.3, 0.4) is 0 Å². The molecule has 1 atom stereocenters. The Balaban J connectivity index is 2.57. The lowest BCUT2D eigenvalue weighted by Gasteiger charge is -2.23. The van der Waals surface area contributed by atoms with Gasteiger partial charge in [0.15, 0.2) is 0 Å². The van der Waals surface area contributed by atoms with E-state index in [0.717, 1.165) is 13.0 Å². The van der Waals surface area contributed by atoms with E-state index < -0.39 is 12.0 Å². The van der Waals surface area contributed by atoms with Crippen molar-refractivity contribution in [2.24, 2.45) is 0 Å². The number of likely N-dealkylation sites (tertiary alicyclic amines) is 1. The van der Waals surface area contributed by atoms with E-state index in [2.05, 4.69) is 5.32 Å². The van der Waals surface area contributed by atoms with Gasteiger partial charge in [-0.2, -0.15) is 0 Å². The van der Waals surface area contributed by atoms with Crippen LogP contribution in [-0.2, 0) is 4.79 Å². The van der Waals surface area contributed by atoms with Crippen molar-refractivity contribution in [1.29, 1.82) is 0 Å². The zero-order chi connectivity index (χ0) is 9.84. The number of likely N-dealkylation sites (N-methyl/N-ethyl adjacent to an activating group) is 1. The Morgan fingerprint density at radius 1 is 1.77 bits per heavy atom. The van der Waals surface area contributed by atoms with E-state index in [9.17, 15) is 4.79 Å². The maximum absolute atomic E-state index is 10.8. The van der Waals surface area contributed by atoms with E-state index in [1.807, 2.05) is 0 Å². The summed E-state index contributed by atoms with van der Waals surface area (Å²) in [4.78, 5) is 13.3. The topological polar surface area (TPSA) is 52.6 Å². The number of thiocarbonyl (C=S) groups is 1. The molecule has 1 saturated heterocycles. The van der Waals surface area contributed by atoms with Gasteiger partial charge < -0.3 is 15.3 Å². The van der Waals surface area contributed by atoms with Gasteiger partial charge in [-0.15, -0.1) is 0 Å². The monoisotopic (exact) mass is 202 g/mol. The van der Waals surface area contributed by atoms with Crippen molar-refractivity contribution in [2.45, 2.75) is 18.9 Å². The molecular formula is C8H14N2O2S. The van der Waals surface area contributed by atoms with Crippen molar-refractivity contribution in [1.82, 2.24) is 10.2 Å². The smallest absolute Gasteiger partial charge is 0.326 e. The van der Waals surface area contributed by atoms with Gasteiger partial charge in [-0.1, -0.05) is 12.2 Å². The summed E-state index contributed by atoms with van der Waals surface area (Å²) in [6.07, 6.45) is 1.63. The lowest BCUT2D eigenvalue weighted by molar-refractivity contribution is -0.140. The van der Waals surface area contributed by atoms with Crippen LogP contribution in [0.5, 0.6) is 0 Å². The summed E-state index contributed by atoms with van der Waals surface area (Å²) in [6.45, 7) is 1.36. The van der Waals surface area contributed by atoms with Crippen molar-refractivity contribution in [2.75, 3.05) is 20.1 Å². The van der Waals surface area contributed by atoms with E-state index in [0.29, 0.717) is 18.0 Å². The number of hydrogen-bond donors (Lipinski definition) is 2. The van der Waals surface area contributed by atoms with Crippen LogP contribution < -0.4 is 5.32 Å². The van der Waals surface area contributed by atoms with Crippen molar-refractivity contribution in [3.63, 3.8) is 0 Å². The summed E-state index contributed by atoms with van der Waals surface area (Å²) < 4.78 is 0. The van der Waals surface area contributed by atoms with Crippen molar-refractivity contribution >= 4 is 23.2 Å². The summed E-state index contributed by atoms with van der Waals surface area (Å²) in [7, 11) is 1.80. The molecule has 0 amide bonds. The van der Waals surface area contributed by atoms with Crippen LogP contribution in [-0.4, -0.2) is 47.1 Å². The Bertz CT molecular complexity index is 220. The van der Waals surface area contributed by atoms with Crippen LogP contribution in [0.1, 0.15) is 12.8 Å². The predicted molar refractivity (Wildman–Crippen MR) is 53.9 cm³/mol. The van der Waals surface area contributed by atoms with Gasteiger partial charge in [-0.3, -0.25) is 0 Å². The second-order valence-electron chi connectivity index (χ2n) is 3.11. The fourth-order valence-electron chi connectivity index (χ4n) is 1.57. The van der Waals surface area contributed by atoms with Crippen molar-refractivity contribution in [3.05, 3.63) is 0 Å². The third-order valence-electron chi connectivity index (χ3n) is 2.19. The van der Waals surface area contributed by atoms with Crippen LogP contribution in [0, 0.1) is 0 Å². The Hall–Kier alpha value is -0.680. The van der Waals surface area contributed by atoms with E-state index in [-0.39, 0.29) is 0 Å². The number of nitrogens with one attached hydrogen (secondary N) is 1. The number of nitrogens with zero attached hydrogens (tertiary/aromatic N) is 1. The number of rotatable bonds is 3. The molecule has 0 aliphatic carbocycles. The highest BCUT2D eigenvalue weighted by Gasteiger charge is 2.31. The summed E-state index contributed by atoms with van der Waals surface area (Å²) in [6, 6.07) is -0.402. The normalized spacial score (nSPS) is 21.9. The van der Waals surface area contributed by atoms with Crippen molar-refractivity contribution in [3.8, 4) is 0 Å². The summed E-state index contributed by atoms with van der Waals surface area (Å²) >= 11 is 5.11. The maximum Gasteiger partial charge on any atom is 0.326 e. The molecule has 0 radical (unpaired) electrons. The molecule has 13 heavy (non-hydrogen) atoms. The fourth-order valence-corrected chi connectivity index (χ4v) is 1.94. The molecule has 1 heterocycles. The SMILES string of the molecule is CNCC(=S)N1CCC[C@@H]1C(=O)O. The van der Waals surface area contributed by atoms with Gasteiger partial charge in [0.1, 0.15) is 6.04 Å². The zero-order valence-electron chi connectivity index (χ0n) is 7.62. The first-order chi connectivity index (χ1) is 6.16. The first-order valence-electron chi connectivity index (χ1n) is 4.33. The van der Waals surface area contributed by atoms with Crippen LogP contribution in [0.15, 0.2) is 0 Å². The molecule has 4 nitrogen and oxygen atoms in total. The molecule has 1 aliphatic rings. The Labute approximate surface area is 82.9 Å². The molecule has 74 valence electrons. The Kier molecular flexibility index (Phi) is 3.62. The lowest BCUT2D eigenvalue weighted by Crippen LogP contribution is -2.42. The third kappa shape index (κ3) is 2.38. The largest absolute Gasteiger partial charge is 0.480 e. The highest BCUT2D eigenvalue weighted by molar-refractivity contribution is 7.80. The number of carboxylic acid groups (broad SMARTS) is 1. The van der Waals surface area contributed by atoms with Crippen LogP contribution >= 0.6 is 12.2 Å². The number of carbonyl (C=O) groups is 1. The van der Waals surface area contributed by atoms with E-state index in [1.54, 1.807) is 11.9 Å². The minimum atomic E-state index is -0.768. The molecule has 0 saturated carbocycles. The predicted octanol–water partition coefficient (Wildman–Crippen LogP) is 0.0822. The molecule has 0 unspecified atom stereocenters. The molecule has 1 fully saturated rings. The summed E-state index contributed by atoms with van der Waals surface area (Å²) in [5.41, 5.74) is 0. The first kappa shape index (κ1) is 10.4. The molecule has 0 spiro atoms. The highest BCUT2D eigenvalue weighted by atomic mass is 32.1. The molecule has 0 aromatic heterocycles. The second kappa shape index (κ2) is 4.53. The van der Waals surface area contributed by atoms with Gasteiger partial charge in [0.25, 0.3) is 0 Å². The van der Waals surface area contributed by atoms with Gasteiger partial charge in [-0.05, 0) is 19.9 Å². The van der Waals surface area contributed by atoms with E-state index in [1.165, 1.54) is 0 Å². The average molecular weight is 202 g/mol. The molecule has 0 bridgehead atoms. The van der Waals surface area contributed by atoms with Crippen LogP contribution in [0.4, 0.5) is 0 Å². The van der Waals surface area contributed by atoms with E-state index in [4.69, 9.17) is 17.3 Å². The zero-order valence-corrected chi connectivity index (χ0v) is 8.43. The molecule has 2 N–H and O–H groups in total. The lowest BCUT2D eigenvalue weighted by atomic mass is 10.2. The second-order valence-corrected chi connectivity index (χ2v) is 3.58. The summed E-state index contributed by atoms with van der Waals surface area (Å²) in [5.74, 6) is -0.768. The fraction of sp³-hybridized carbons (Fsp3) is 0.750. The number of aliphatic carboxylic acids is 1. The molecular weight excluding hydrogens is 188 g/mol. The van der Waals surface area contributed by atoms with Crippen LogP contribution in [0.2, 0.25) is 0 Å². The standard InChI is InChI=1S/C8H14N2O2S/c1-9-5-7(13)10-4-2-3-6(10)8(11)12/h6,9H,2-5H2,1H3,(H,11,12)/t6-/m1/s1. The van der Waals surface area contributed by atoms with Gasteiger partial charge in [-0.25, -0.2) is 4.79 Å². The minimum Gasteiger partial charge on any atom is -0.480 e. The van der Waals surface area contributed by atoms with Gasteiger partial charge in [0, 0.05) is 13.1 Å². The molecule has 0 aromatic rings.